The molecule has 0 fully saturated rings. The second-order valence-electron chi connectivity index (χ2n) is 3.19. The van der Waals surface area contributed by atoms with Crippen LogP contribution < -0.4 is 0 Å². The van der Waals surface area contributed by atoms with Crippen molar-refractivity contribution in [2.24, 2.45) is 0 Å². The molecule has 0 heterocycles. The summed E-state index contributed by atoms with van der Waals surface area (Å²) in [5.74, 6) is 0.193. The predicted molar refractivity (Wildman–Crippen MR) is 53.3 cm³/mol. The van der Waals surface area contributed by atoms with Crippen molar-refractivity contribution in [3.8, 4) is 5.75 Å². The van der Waals surface area contributed by atoms with Crippen LogP contribution in [-0.4, -0.2) is 24.1 Å². The van der Waals surface area contributed by atoms with Gasteiger partial charge in [0.25, 0.3) is 0 Å². The van der Waals surface area contributed by atoms with Crippen molar-refractivity contribution in [1.82, 2.24) is 0 Å². The zero-order chi connectivity index (χ0) is 10.6. The van der Waals surface area contributed by atoms with Crippen LogP contribution in [0.4, 0.5) is 0 Å². The van der Waals surface area contributed by atoms with Crippen molar-refractivity contribution < 1.29 is 14.6 Å². The van der Waals surface area contributed by atoms with Gasteiger partial charge in [-0.15, -0.1) is 0 Å². The number of benzene rings is 1. The van der Waals surface area contributed by atoms with E-state index in [-0.39, 0.29) is 11.5 Å². The molecule has 76 valence electrons. The van der Waals surface area contributed by atoms with Crippen LogP contribution in [0, 0.1) is 0 Å². The van der Waals surface area contributed by atoms with E-state index in [4.69, 9.17) is 4.74 Å². The Balaban J connectivity index is 2.65. The lowest BCUT2D eigenvalue weighted by molar-refractivity contribution is -0.127. The van der Waals surface area contributed by atoms with Crippen LogP contribution >= 0.6 is 0 Å². The van der Waals surface area contributed by atoms with E-state index in [0.717, 1.165) is 5.56 Å². The topological polar surface area (TPSA) is 46.5 Å². The van der Waals surface area contributed by atoms with E-state index < -0.39 is 6.10 Å². The number of hydrogen-bond acceptors (Lipinski definition) is 3. The van der Waals surface area contributed by atoms with Gasteiger partial charge in [0.1, 0.15) is 11.9 Å². The molecule has 1 atom stereocenters. The lowest BCUT2D eigenvalue weighted by Gasteiger charge is -2.07. The van der Waals surface area contributed by atoms with Crippen molar-refractivity contribution in [2.45, 2.75) is 19.4 Å². The first-order chi connectivity index (χ1) is 6.63. The number of rotatable bonds is 4. The number of methoxy groups -OCH3 is 1. The van der Waals surface area contributed by atoms with Gasteiger partial charge in [-0.3, -0.25) is 4.79 Å². The van der Waals surface area contributed by atoms with Gasteiger partial charge in [-0.2, -0.15) is 0 Å². The average Bonchev–Trinajstić information content (AvgIpc) is 2.16. The number of hydrogen-bond donors (Lipinski definition) is 1. The molecule has 0 radical (unpaired) electrons. The third kappa shape index (κ3) is 2.85. The molecule has 3 heteroatoms. The Kier molecular flexibility index (Phi) is 3.65. The normalized spacial score (nSPS) is 12.4. The van der Waals surface area contributed by atoms with Crippen molar-refractivity contribution in [3.05, 3.63) is 29.8 Å². The van der Waals surface area contributed by atoms with Gasteiger partial charge < -0.3 is 9.84 Å². The Morgan fingerprint density at radius 1 is 1.57 bits per heavy atom. The minimum Gasteiger partial charge on any atom is -0.508 e. The molecule has 1 aromatic rings. The first-order valence-corrected chi connectivity index (χ1v) is 4.47. The summed E-state index contributed by atoms with van der Waals surface area (Å²) in [6.07, 6.45) is -0.0963. The number of ketones is 1. The summed E-state index contributed by atoms with van der Waals surface area (Å²) in [6.45, 7) is 1.71. The Hall–Kier alpha value is -1.35. The highest BCUT2D eigenvalue weighted by molar-refractivity contribution is 5.84. The minimum absolute atomic E-state index is 0.0121. The molecule has 1 N–H and O–H groups in total. The SMILES string of the molecule is COC(C)C(=O)Cc1cccc(O)c1. The molecular weight excluding hydrogens is 180 g/mol. The van der Waals surface area contributed by atoms with Crippen molar-refractivity contribution in [2.75, 3.05) is 7.11 Å². The number of aromatic hydroxyl groups is 1. The zero-order valence-corrected chi connectivity index (χ0v) is 8.36. The summed E-state index contributed by atoms with van der Waals surface area (Å²) in [7, 11) is 1.50. The molecule has 0 aliphatic rings. The maximum atomic E-state index is 11.4. The molecule has 0 saturated heterocycles. The van der Waals surface area contributed by atoms with Crippen LogP contribution in [0.5, 0.6) is 5.75 Å². The van der Waals surface area contributed by atoms with Gasteiger partial charge in [0, 0.05) is 13.5 Å². The second kappa shape index (κ2) is 4.77. The number of carbonyl (C=O) groups excluding carboxylic acids is 1. The molecule has 0 spiro atoms. The summed E-state index contributed by atoms with van der Waals surface area (Å²) in [5, 5.41) is 9.18. The van der Waals surface area contributed by atoms with Crippen molar-refractivity contribution in [1.29, 1.82) is 0 Å². The quantitative estimate of drug-likeness (QED) is 0.790. The van der Waals surface area contributed by atoms with Crippen LogP contribution in [0.1, 0.15) is 12.5 Å². The lowest BCUT2D eigenvalue weighted by Crippen LogP contribution is -2.20. The number of Topliss-reactive ketones (excluding diaryl/α,β-unsaturated/α-hetero) is 1. The minimum atomic E-state index is -0.391. The van der Waals surface area contributed by atoms with E-state index in [0.29, 0.717) is 6.42 Å². The standard InChI is InChI=1S/C11H14O3/c1-8(14-2)11(13)7-9-4-3-5-10(12)6-9/h3-6,8,12H,7H2,1-2H3. The lowest BCUT2D eigenvalue weighted by atomic mass is 10.1. The molecule has 0 aliphatic carbocycles. The fourth-order valence-electron chi connectivity index (χ4n) is 1.14. The van der Waals surface area contributed by atoms with Gasteiger partial charge in [-0.25, -0.2) is 0 Å². The summed E-state index contributed by atoms with van der Waals surface area (Å²) >= 11 is 0. The fraction of sp³-hybridized carbons (Fsp3) is 0.364. The molecule has 0 bridgehead atoms. The number of phenolic OH excluding ortho intramolecular Hbond substituents is 1. The zero-order valence-electron chi connectivity index (χ0n) is 8.36. The third-order valence-corrected chi connectivity index (χ3v) is 2.10. The van der Waals surface area contributed by atoms with Crippen molar-refractivity contribution >= 4 is 5.78 Å². The second-order valence-corrected chi connectivity index (χ2v) is 3.19. The summed E-state index contributed by atoms with van der Waals surface area (Å²) in [5.41, 5.74) is 0.805. The smallest absolute Gasteiger partial charge is 0.165 e. The van der Waals surface area contributed by atoms with E-state index in [1.165, 1.54) is 7.11 Å². The Morgan fingerprint density at radius 3 is 2.86 bits per heavy atom. The van der Waals surface area contributed by atoms with Gasteiger partial charge >= 0.3 is 0 Å². The molecule has 0 aliphatic heterocycles. The van der Waals surface area contributed by atoms with Crippen LogP contribution in [0.2, 0.25) is 0 Å². The predicted octanol–water partition coefficient (Wildman–Crippen LogP) is 1.54. The van der Waals surface area contributed by atoms with Crippen LogP contribution in [0.15, 0.2) is 24.3 Å². The van der Waals surface area contributed by atoms with E-state index in [1.807, 2.05) is 0 Å². The Labute approximate surface area is 83.3 Å². The van der Waals surface area contributed by atoms with Gasteiger partial charge in [0.2, 0.25) is 0 Å². The molecule has 1 unspecified atom stereocenters. The van der Waals surface area contributed by atoms with E-state index >= 15 is 0 Å². The van der Waals surface area contributed by atoms with Crippen LogP contribution in [-0.2, 0) is 16.0 Å². The number of ether oxygens (including phenoxy) is 1. The highest BCUT2D eigenvalue weighted by Gasteiger charge is 2.12. The monoisotopic (exact) mass is 194 g/mol. The molecule has 1 aromatic carbocycles. The first-order valence-electron chi connectivity index (χ1n) is 4.47. The molecule has 14 heavy (non-hydrogen) atoms. The molecule has 3 nitrogen and oxygen atoms in total. The molecule has 0 amide bonds. The fourth-order valence-corrected chi connectivity index (χ4v) is 1.14. The van der Waals surface area contributed by atoms with Crippen LogP contribution in [0.25, 0.3) is 0 Å². The Bertz CT molecular complexity index is 320. The molecule has 1 rings (SSSR count). The maximum absolute atomic E-state index is 11.4. The summed E-state index contributed by atoms with van der Waals surface area (Å²) < 4.78 is 4.90. The van der Waals surface area contributed by atoms with E-state index in [9.17, 15) is 9.90 Å². The van der Waals surface area contributed by atoms with Gasteiger partial charge in [0.15, 0.2) is 5.78 Å². The highest BCUT2D eigenvalue weighted by atomic mass is 16.5. The molecule has 0 saturated carbocycles. The first kappa shape index (κ1) is 10.7. The highest BCUT2D eigenvalue weighted by Crippen LogP contribution is 2.12. The third-order valence-electron chi connectivity index (χ3n) is 2.10. The maximum Gasteiger partial charge on any atom is 0.165 e. The molecular formula is C11H14O3. The van der Waals surface area contributed by atoms with E-state index in [2.05, 4.69) is 0 Å². The molecule has 0 aromatic heterocycles. The van der Waals surface area contributed by atoms with Gasteiger partial charge in [-0.1, -0.05) is 12.1 Å². The van der Waals surface area contributed by atoms with Gasteiger partial charge in [-0.05, 0) is 24.6 Å². The number of phenols is 1. The van der Waals surface area contributed by atoms with E-state index in [1.54, 1.807) is 31.2 Å². The number of carbonyl (C=O) groups is 1. The average molecular weight is 194 g/mol. The Morgan fingerprint density at radius 2 is 2.29 bits per heavy atom. The summed E-state index contributed by atoms with van der Waals surface area (Å²) in [4.78, 5) is 11.4. The van der Waals surface area contributed by atoms with Gasteiger partial charge in [0.05, 0.1) is 0 Å². The van der Waals surface area contributed by atoms with Crippen molar-refractivity contribution in [3.63, 3.8) is 0 Å². The summed E-state index contributed by atoms with van der Waals surface area (Å²) in [6, 6.07) is 6.68. The largest absolute Gasteiger partial charge is 0.508 e. The van der Waals surface area contributed by atoms with Crippen LogP contribution in [0.3, 0.4) is 0 Å².